The minimum absolute atomic E-state index is 0.0179. The zero-order chi connectivity index (χ0) is 44.7. The maximum Gasteiger partial charge on any atom is 0.163 e. The van der Waals surface area contributed by atoms with Crippen LogP contribution in [0.15, 0.2) is 121 Å². The number of hydrogen-bond donors (Lipinski definition) is 1. The van der Waals surface area contributed by atoms with E-state index >= 15 is 0 Å². The summed E-state index contributed by atoms with van der Waals surface area (Å²) in [7, 11) is 0. The Morgan fingerprint density at radius 3 is 1.61 bits per heavy atom. The maximum atomic E-state index is 7.19. The van der Waals surface area contributed by atoms with Crippen molar-refractivity contribution in [1.82, 2.24) is 5.32 Å². The van der Waals surface area contributed by atoms with Gasteiger partial charge in [-0.05, 0) is 48.9 Å². The molecule has 4 aromatic rings. The molecule has 0 spiro atoms. The van der Waals surface area contributed by atoms with E-state index in [1.807, 2.05) is 18.2 Å². The van der Waals surface area contributed by atoms with Gasteiger partial charge < -0.3 is 33.7 Å². The summed E-state index contributed by atoms with van der Waals surface area (Å²) in [5.74, 6) is -0.564. The molecule has 7 nitrogen and oxygen atoms in total. The molecule has 0 bridgehead atoms. The van der Waals surface area contributed by atoms with E-state index in [1.54, 1.807) is 0 Å². The highest BCUT2D eigenvalue weighted by Crippen LogP contribution is 2.38. The van der Waals surface area contributed by atoms with E-state index in [9.17, 15) is 0 Å². The average Bonchev–Trinajstić information content (AvgIpc) is 3.63. The molecule has 1 aliphatic carbocycles. The Balaban J connectivity index is 1.14. The van der Waals surface area contributed by atoms with Crippen LogP contribution in [0.3, 0.4) is 0 Å². The predicted molar refractivity (Wildman–Crippen MR) is 260 cm³/mol. The van der Waals surface area contributed by atoms with Crippen LogP contribution in [-0.2, 0) is 54.8 Å². The van der Waals surface area contributed by atoms with Crippen LogP contribution in [0.25, 0.3) is 0 Å². The Hall–Kier alpha value is -3.40. The van der Waals surface area contributed by atoms with E-state index in [0.717, 1.165) is 42.5 Å². The fraction of sp³-hybridized carbons (Fsp3) is 0.579. The van der Waals surface area contributed by atoms with Crippen molar-refractivity contribution in [3.63, 3.8) is 0 Å². The van der Waals surface area contributed by atoms with Crippen molar-refractivity contribution in [3.05, 3.63) is 144 Å². The summed E-state index contributed by atoms with van der Waals surface area (Å²) >= 11 is 0. The molecule has 0 amide bonds. The van der Waals surface area contributed by atoms with Gasteiger partial charge in [0, 0.05) is 18.4 Å². The molecule has 0 radical (unpaired) electrons. The van der Waals surface area contributed by atoms with Crippen LogP contribution in [-0.4, -0.2) is 55.6 Å². The quantitative estimate of drug-likeness (QED) is 0.0523. The van der Waals surface area contributed by atoms with Gasteiger partial charge in [0.2, 0.25) is 0 Å². The lowest BCUT2D eigenvalue weighted by atomic mass is 9.76. The third-order valence-corrected chi connectivity index (χ3v) is 13.3. The van der Waals surface area contributed by atoms with Crippen molar-refractivity contribution in [2.24, 2.45) is 11.8 Å². The molecule has 1 aliphatic heterocycles. The summed E-state index contributed by atoms with van der Waals surface area (Å²) < 4.78 is 41.1. The van der Waals surface area contributed by atoms with E-state index < -0.39 is 5.79 Å². The number of hydrogen-bond acceptors (Lipinski definition) is 7. The van der Waals surface area contributed by atoms with Gasteiger partial charge in [-0.15, -0.1) is 0 Å². The van der Waals surface area contributed by atoms with E-state index in [2.05, 4.69) is 136 Å². The summed E-state index contributed by atoms with van der Waals surface area (Å²) in [6, 6.07) is 41.9. The lowest BCUT2D eigenvalue weighted by Gasteiger charge is -2.46. The third-order valence-electron chi connectivity index (χ3n) is 13.3. The highest BCUT2D eigenvalue weighted by atomic mass is 16.8. The number of rotatable bonds is 30. The Morgan fingerprint density at radius 2 is 1.06 bits per heavy atom. The Kier molecular flexibility index (Phi) is 21.8. The minimum Gasteiger partial charge on any atom is -0.376 e. The standard InChI is InChI=1S/C57H81NO6/c1-5-6-7-8-9-10-11-12-13-14-15-28-37-52-56(64-57(3,4)63-52)51(58-39-46-29-20-16-21-30-46)44-60-53-38-50(43-59-40-47-31-22-17-23-32-47)55(62-42-49-35-26-19-27-36-49)54(45(53)2)61-41-48-33-24-18-25-34-48/h16-27,29-36,45,50-56,58H,5-15,28,37-44H2,1-4H3/t45?,50?,51-,52+,53+,54?,55?,56-/m0/s1. The second-order valence-corrected chi connectivity index (χ2v) is 19.0. The molecule has 2 aliphatic rings. The molecule has 1 saturated carbocycles. The molecule has 64 heavy (non-hydrogen) atoms. The van der Waals surface area contributed by atoms with Gasteiger partial charge in [0.25, 0.3) is 0 Å². The molecule has 1 N–H and O–H groups in total. The second kappa shape index (κ2) is 27.9. The topological polar surface area (TPSA) is 67.4 Å². The molecule has 7 heteroatoms. The smallest absolute Gasteiger partial charge is 0.163 e. The molecular formula is C57H81NO6. The summed E-state index contributed by atoms with van der Waals surface area (Å²) in [6.07, 6.45) is 17.1. The number of ether oxygens (including phenoxy) is 6. The first-order valence-corrected chi connectivity index (χ1v) is 25.1. The normalized spacial score (nSPS) is 23.6. The molecular weight excluding hydrogens is 795 g/mol. The first kappa shape index (κ1) is 50.0. The zero-order valence-corrected chi connectivity index (χ0v) is 39.8. The fourth-order valence-electron chi connectivity index (χ4n) is 9.68. The first-order chi connectivity index (χ1) is 31.4. The number of nitrogens with one attached hydrogen (secondary N) is 1. The summed E-state index contributed by atoms with van der Waals surface area (Å²) in [5, 5.41) is 3.90. The van der Waals surface area contributed by atoms with Crippen LogP contribution < -0.4 is 5.32 Å². The molecule has 4 unspecified atom stereocenters. The molecule has 1 heterocycles. The van der Waals surface area contributed by atoms with Crippen LogP contribution in [0.5, 0.6) is 0 Å². The molecule has 1 saturated heterocycles. The van der Waals surface area contributed by atoms with Crippen molar-refractivity contribution >= 4 is 0 Å². The van der Waals surface area contributed by atoms with Gasteiger partial charge in [0.1, 0.15) is 6.10 Å². The molecule has 0 aromatic heterocycles. The van der Waals surface area contributed by atoms with Crippen LogP contribution in [0.1, 0.15) is 140 Å². The molecule has 2 fully saturated rings. The Bertz CT molecular complexity index is 1780. The Labute approximate surface area is 387 Å². The van der Waals surface area contributed by atoms with Gasteiger partial charge >= 0.3 is 0 Å². The van der Waals surface area contributed by atoms with E-state index in [1.165, 1.54) is 76.2 Å². The first-order valence-electron chi connectivity index (χ1n) is 25.1. The predicted octanol–water partition coefficient (Wildman–Crippen LogP) is 13.2. The van der Waals surface area contributed by atoms with Crippen molar-refractivity contribution in [2.75, 3.05) is 13.2 Å². The number of benzene rings is 4. The third kappa shape index (κ3) is 17.1. The fourth-order valence-corrected chi connectivity index (χ4v) is 9.68. The van der Waals surface area contributed by atoms with Gasteiger partial charge in [0.05, 0.1) is 63.5 Å². The van der Waals surface area contributed by atoms with Crippen molar-refractivity contribution in [2.45, 2.75) is 186 Å². The minimum atomic E-state index is -0.669. The highest BCUT2D eigenvalue weighted by molar-refractivity contribution is 5.16. The highest BCUT2D eigenvalue weighted by Gasteiger charge is 2.48. The lowest BCUT2D eigenvalue weighted by molar-refractivity contribution is -0.196. The SMILES string of the molecule is CCCCCCCCCCCCCC[C@H]1OC(C)(C)O[C@H]1[C@H](CO[C@@H]1CC(COCc2ccccc2)C(OCc2ccccc2)C(OCc2ccccc2)C1C)NCc1ccccc1. The van der Waals surface area contributed by atoms with Crippen LogP contribution in [0.2, 0.25) is 0 Å². The van der Waals surface area contributed by atoms with Crippen molar-refractivity contribution in [3.8, 4) is 0 Å². The number of unbranched alkanes of at least 4 members (excludes halogenated alkanes) is 11. The largest absolute Gasteiger partial charge is 0.376 e. The second-order valence-electron chi connectivity index (χ2n) is 19.0. The molecule has 6 rings (SSSR count). The zero-order valence-electron chi connectivity index (χ0n) is 39.8. The monoisotopic (exact) mass is 876 g/mol. The molecule has 350 valence electrons. The van der Waals surface area contributed by atoms with Gasteiger partial charge in [-0.25, -0.2) is 0 Å². The lowest BCUT2D eigenvalue weighted by Crippen LogP contribution is -2.55. The van der Waals surface area contributed by atoms with E-state index in [-0.39, 0.29) is 48.4 Å². The van der Waals surface area contributed by atoms with E-state index in [4.69, 9.17) is 28.4 Å². The maximum absolute atomic E-state index is 7.19. The van der Waals surface area contributed by atoms with Crippen LogP contribution >= 0.6 is 0 Å². The van der Waals surface area contributed by atoms with Crippen LogP contribution in [0, 0.1) is 11.8 Å². The Morgan fingerprint density at radius 1 is 0.578 bits per heavy atom. The average molecular weight is 876 g/mol. The molecule has 8 atom stereocenters. The summed E-state index contributed by atoms with van der Waals surface area (Å²) in [6.45, 7) is 12.0. The van der Waals surface area contributed by atoms with Gasteiger partial charge in [-0.3, -0.25) is 0 Å². The van der Waals surface area contributed by atoms with Gasteiger partial charge in [-0.1, -0.05) is 212 Å². The van der Waals surface area contributed by atoms with Crippen molar-refractivity contribution < 1.29 is 28.4 Å². The van der Waals surface area contributed by atoms with Gasteiger partial charge in [-0.2, -0.15) is 0 Å². The summed E-state index contributed by atoms with van der Waals surface area (Å²) in [4.78, 5) is 0. The molecule has 4 aromatic carbocycles. The van der Waals surface area contributed by atoms with Crippen LogP contribution in [0.4, 0.5) is 0 Å². The van der Waals surface area contributed by atoms with Gasteiger partial charge in [0.15, 0.2) is 5.79 Å². The van der Waals surface area contributed by atoms with Crippen molar-refractivity contribution in [1.29, 1.82) is 0 Å². The van der Waals surface area contributed by atoms with E-state index in [0.29, 0.717) is 33.0 Å². The summed E-state index contributed by atoms with van der Waals surface area (Å²) in [5.41, 5.74) is 4.68.